The molecule has 3 aliphatic rings. The fraction of sp³-hybridized carbons (Fsp3) is 0.292. The van der Waals surface area contributed by atoms with E-state index in [1.165, 1.54) is 4.90 Å². The van der Waals surface area contributed by atoms with Crippen molar-refractivity contribution in [1.82, 2.24) is 5.32 Å². The van der Waals surface area contributed by atoms with Crippen molar-refractivity contribution < 1.29 is 19.5 Å². The quantitative estimate of drug-likeness (QED) is 0.483. The molecule has 2 aliphatic heterocycles. The number of halogens is 2. The van der Waals surface area contributed by atoms with Gasteiger partial charge in [-0.15, -0.1) is 0 Å². The fourth-order valence-electron chi connectivity index (χ4n) is 4.84. The first-order valence-electron chi connectivity index (χ1n) is 10.8. The lowest BCUT2D eigenvalue weighted by atomic mass is 9.77. The number of carbonyl (C=O) groups excluding carboxylic acids is 3. The van der Waals surface area contributed by atoms with Gasteiger partial charge in [-0.2, -0.15) is 0 Å². The van der Waals surface area contributed by atoms with Crippen LogP contribution in [0.25, 0.3) is 0 Å². The Morgan fingerprint density at radius 3 is 2.56 bits per heavy atom. The predicted molar refractivity (Wildman–Crippen MR) is 128 cm³/mol. The summed E-state index contributed by atoms with van der Waals surface area (Å²) in [4.78, 5) is 40.9. The summed E-state index contributed by atoms with van der Waals surface area (Å²) >= 11 is 12.4. The van der Waals surface area contributed by atoms with Crippen LogP contribution in [0, 0.1) is 5.41 Å². The highest BCUT2D eigenvalue weighted by Crippen LogP contribution is 2.58. The third-order valence-electron chi connectivity index (χ3n) is 6.76. The van der Waals surface area contributed by atoms with Gasteiger partial charge in [0, 0.05) is 32.4 Å². The normalized spacial score (nSPS) is 24.3. The van der Waals surface area contributed by atoms with Crippen LogP contribution in [0.5, 0.6) is 0 Å². The summed E-state index contributed by atoms with van der Waals surface area (Å²) in [6.07, 6.45) is -0.167. The van der Waals surface area contributed by atoms with Crippen LogP contribution in [0.1, 0.15) is 25.3 Å². The summed E-state index contributed by atoms with van der Waals surface area (Å²) in [5, 5.41) is 18.1. The molecule has 5 rings (SSSR count). The number of nitrogens with zero attached hydrogens (tertiary/aromatic N) is 1. The van der Waals surface area contributed by atoms with Crippen LogP contribution in [0.2, 0.25) is 10.0 Å². The zero-order chi connectivity index (χ0) is 24.4. The molecule has 1 fully saturated rings. The Balaban J connectivity index is 1.83. The van der Waals surface area contributed by atoms with Gasteiger partial charge in [0.25, 0.3) is 5.91 Å². The second kappa shape index (κ2) is 7.73. The number of amides is 2. The van der Waals surface area contributed by atoms with E-state index in [9.17, 15) is 19.5 Å². The van der Waals surface area contributed by atoms with Crippen LogP contribution in [-0.4, -0.2) is 35.5 Å². The minimum atomic E-state index is -1.72. The first-order chi connectivity index (χ1) is 16.1. The molecule has 2 aromatic carbocycles. The zero-order valence-corrected chi connectivity index (χ0v) is 19.7. The van der Waals surface area contributed by atoms with Crippen molar-refractivity contribution in [3.63, 3.8) is 0 Å². The summed E-state index contributed by atoms with van der Waals surface area (Å²) in [5.74, 6) is -1.48. The van der Waals surface area contributed by atoms with Crippen LogP contribution in [-0.2, 0) is 19.9 Å². The van der Waals surface area contributed by atoms with E-state index in [0.29, 0.717) is 39.8 Å². The van der Waals surface area contributed by atoms with Crippen molar-refractivity contribution in [2.24, 2.45) is 11.1 Å². The third kappa shape index (κ3) is 3.20. The molecule has 34 heavy (non-hydrogen) atoms. The Hall–Kier alpha value is -3.07. The van der Waals surface area contributed by atoms with Crippen molar-refractivity contribution in [3.05, 3.63) is 69.3 Å². The number of hydrogen-bond donors (Lipinski definition) is 4. The van der Waals surface area contributed by atoms with E-state index in [2.05, 4.69) is 10.6 Å². The van der Waals surface area contributed by atoms with Gasteiger partial charge in [-0.1, -0.05) is 42.3 Å². The summed E-state index contributed by atoms with van der Waals surface area (Å²) in [6.45, 7) is 1.50. The van der Waals surface area contributed by atoms with E-state index in [4.69, 9.17) is 28.9 Å². The predicted octanol–water partition coefficient (Wildman–Crippen LogP) is 2.68. The monoisotopic (exact) mass is 500 g/mol. The maximum absolute atomic E-state index is 14.0. The number of nitrogens with one attached hydrogen (secondary N) is 2. The zero-order valence-electron chi connectivity index (χ0n) is 18.2. The summed E-state index contributed by atoms with van der Waals surface area (Å²) in [6, 6.07) is 11.5. The van der Waals surface area contributed by atoms with Crippen LogP contribution in [0.4, 0.5) is 11.4 Å². The molecule has 0 aromatic heterocycles. The molecule has 8 nitrogen and oxygen atoms in total. The molecule has 1 aliphatic carbocycles. The highest BCUT2D eigenvalue weighted by Gasteiger charge is 2.66. The Morgan fingerprint density at radius 1 is 1.21 bits per heavy atom. The average molecular weight is 501 g/mol. The van der Waals surface area contributed by atoms with Crippen molar-refractivity contribution in [2.45, 2.75) is 31.5 Å². The first kappa shape index (κ1) is 22.7. The standard InChI is InChI=1S/C24H22Cl2N4O4/c1-23(7-8-23)20(32)18-19(28-11-17(27)31)21(33)30(14-4-2-3-12(25)9-14)24(18)15-6-5-13(26)10-16(15)29-22(24)34/h2-6,9-10,21,28,33H,7-8,11H2,1H3,(H2,27,31)(H,29,34). The molecule has 2 aromatic rings. The number of rotatable bonds is 6. The molecule has 5 N–H and O–H groups in total. The average Bonchev–Trinajstić information content (AvgIpc) is 3.39. The van der Waals surface area contributed by atoms with Crippen molar-refractivity contribution in [3.8, 4) is 0 Å². The van der Waals surface area contributed by atoms with Crippen LogP contribution in [0.3, 0.4) is 0 Å². The van der Waals surface area contributed by atoms with E-state index >= 15 is 0 Å². The van der Waals surface area contributed by atoms with Gasteiger partial charge in [0.1, 0.15) is 0 Å². The second-order valence-electron chi connectivity index (χ2n) is 9.08. The van der Waals surface area contributed by atoms with E-state index in [1.54, 1.807) is 42.5 Å². The lowest BCUT2D eigenvalue weighted by Gasteiger charge is -2.39. The third-order valence-corrected chi connectivity index (χ3v) is 7.23. The molecule has 1 saturated carbocycles. The number of Topliss-reactive ketones (excluding diaryl/α,β-unsaturated/α-hetero) is 1. The topological polar surface area (TPSA) is 125 Å². The molecule has 2 amide bonds. The highest BCUT2D eigenvalue weighted by molar-refractivity contribution is 6.32. The fourth-order valence-corrected chi connectivity index (χ4v) is 5.20. The van der Waals surface area contributed by atoms with Gasteiger partial charge in [0.05, 0.1) is 17.8 Å². The van der Waals surface area contributed by atoms with Gasteiger partial charge < -0.3 is 26.4 Å². The molecule has 2 atom stereocenters. The maximum Gasteiger partial charge on any atom is 0.260 e. The number of benzene rings is 2. The summed E-state index contributed by atoms with van der Waals surface area (Å²) in [5.41, 5.74) is 4.41. The molecule has 2 heterocycles. The van der Waals surface area contributed by atoms with Crippen molar-refractivity contribution in [2.75, 3.05) is 16.8 Å². The minimum absolute atomic E-state index is 0.0647. The minimum Gasteiger partial charge on any atom is -0.375 e. The maximum atomic E-state index is 14.0. The number of anilines is 2. The van der Waals surface area contributed by atoms with Gasteiger partial charge in [-0.25, -0.2) is 0 Å². The molecule has 10 heteroatoms. The van der Waals surface area contributed by atoms with Gasteiger partial charge in [-0.3, -0.25) is 14.4 Å². The number of nitrogens with two attached hydrogens (primary N) is 1. The van der Waals surface area contributed by atoms with E-state index < -0.39 is 29.0 Å². The molecule has 0 radical (unpaired) electrons. The Morgan fingerprint density at radius 2 is 1.91 bits per heavy atom. The number of ketones is 1. The van der Waals surface area contributed by atoms with Crippen LogP contribution < -0.4 is 21.3 Å². The second-order valence-corrected chi connectivity index (χ2v) is 9.95. The van der Waals surface area contributed by atoms with Crippen molar-refractivity contribution in [1.29, 1.82) is 0 Å². The Kier molecular flexibility index (Phi) is 5.16. The molecule has 0 bridgehead atoms. The van der Waals surface area contributed by atoms with E-state index in [1.807, 2.05) is 6.92 Å². The number of carbonyl (C=O) groups is 3. The van der Waals surface area contributed by atoms with Gasteiger partial charge in [0.2, 0.25) is 5.91 Å². The molecule has 1 spiro atoms. The smallest absolute Gasteiger partial charge is 0.260 e. The molecule has 0 saturated heterocycles. The number of aliphatic hydroxyl groups excluding tert-OH is 1. The molecule has 2 unspecified atom stereocenters. The number of fused-ring (bicyclic) bond motifs is 2. The molecule has 176 valence electrons. The summed E-state index contributed by atoms with van der Waals surface area (Å²) in [7, 11) is 0. The van der Waals surface area contributed by atoms with Gasteiger partial charge >= 0.3 is 0 Å². The molecular formula is C24H22Cl2N4O4. The SMILES string of the molecule is CC1(C(=O)C2=C(NCC(N)=O)C(O)N(c3cccc(Cl)c3)C23C(=O)Nc2cc(Cl)ccc23)CC1. The molecular weight excluding hydrogens is 479 g/mol. The Bertz CT molecular complexity index is 1290. The largest absolute Gasteiger partial charge is 0.375 e. The van der Waals surface area contributed by atoms with Gasteiger partial charge in [0.15, 0.2) is 17.6 Å². The summed E-state index contributed by atoms with van der Waals surface area (Å²) < 4.78 is 0. The lowest BCUT2D eigenvalue weighted by Crippen LogP contribution is -2.54. The number of primary amides is 1. The van der Waals surface area contributed by atoms with Gasteiger partial charge in [-0.05, 0) is 43.2 Å². The highest BCUT2D eigenvalue weighted by atomic mass is 35.5. The Labute approximate surface area is 205 Å². The first-order valence-corrected chi connectivity index (χ1v) is 11.5. The van der Waals surface area contributed by atoms with Crippen LogP contribution >= 0.6 is 23.2 Å². The van der Waals surface area contributed by atoms with E-state index in [0.717, 1.165) is 0 Å². The number of aliphatic hydroxyl groups is 1. The van der Waals surface area contributed by atoms with Crippen LogP contribution in [0.15, 0.2) is 53.7 Å². The number of hydrogen-bond acceptors (Lipinski definition) is 6. The van der Waals surface area contributed by atoms with Crippen molar-refractivity contribution >= 4 is 52.2 Å². The van der Waals surface area contributed by atoms with E-state index in [-0.39, 0.29) is 23.6 Å². The lowest BCUT2D eigenvalue weighted by molar-refractivity contribution is -0.125.